The number of carbonyl (C=O) groups is 1. The quantitative estimate of drug-likeness (QED) is 0.890. The summed E-state index contributed by atoms with van der Waals surface area (Å²) >= 11 is 9.11. The van der Waals surface area contributed by atoms with Crippen molar-refractivity contribution in [2.45, 2.75) is 0 Å². The SMILES string of the molecule is CNC(=O)CNc1ccc(Cl)c(Br)c1. The Bertz CT molecular complexity index is 344. The van der Waals surface area contributed by atoms with Gasteiger partial charge in [-0.05, 0) is 34.1 Å². The fourth-order valence-electron chi connectivity index (χ4n) is 0.877. The monoisotopic (exact) mass is 276 g/mol. The number of halogens is 2. The maximum absolute atomic E-state index is 10.9. The largest absolute Gasteiger partial charge is 0.376 e. The Morgan fingerprint density at radius 3 is 2.86 bits per heavy atom. The molecule has 76 valence electrons. The van der Waals surface area contributed by atoms with Crippen molar-refractivity contribution in [1.82, 2.24) is 5.32 Å². The molecular weight excluding hydrogens is 267 g/mol. The zero-order chi connectivity index (χ0) is 10.6. The average Bonchev–Trinajstić information content (AvgIpc) is 2.19. The molecular formula is C9H10BrClN2O. The van der Waals surface area contributed by atoms with E-state index >= 15 is 0 Å². The molecule has 0 radical (unpaired) electrons. The molecule has 0 aliphatic rings. The van der Waals surface area contributed by atoms with Gasteiger partial charge in [-0.1, -0.05) is 11.6 Å². The number of likely N-dealkylation sites (N-methyl/N-ethyl adjacent to an activating group) is 1. The van der Waals surface area contributed by atoms with Gasteiger partial charge in [-0.3, -0.25) is 4.79 Å². The molecule has 5 heteroatoms. The molecule has 0 spiro atoms. The fourth-order valence-corrected chi connectivity index (χ4v) is 1.37. The van der Waals surface area contributed by atoms with Crippen LogP contribution < -0.4 is 10.6 Å². The van der Waals surface area contributed by atoms with Crippen LogP contribution in [0.1, 0.15) is 0 Å². The van der Waals surface area contributed by atoms with Crippen molar-refractivity contribution < 1.29 is 4.79 Å². The van der Waals surface area contributed by atoms with Gasteiger partial charge < -0.3 is 10.6 Å². The standard InChI is InChI=1S/C9H10BrClN2O/c1-12-9(14)5-13-6-2-3-8(11)7(10)4-6/h2-4,13H,5H2,1H3,(H,12,14). The van der Waals surface area contributed by atoms with Crippen LogP contribution in [0.5, 0.6) is 0 Å². The number of hydrogen-bond donors (Lipinski definition) is 2. The van der Waals surface area contributed by atoms with E-state index in [1.54, 1.807) is 13.1 Å². The first-order valence-corrected chi connectivity index (χ1v) is 5.20. The van der Waals surface area contributed by atoms with Crippen LogP contribution in [-0.2, 0) is 4.79 Å². The maximum Gasteiger partial charge on any atom is 0.239 e. The van der Waals surface area contributed by atoms with Crippen LogP contribution in [0.3, 0.4) is 0 Å². The van der Waals surface area contributed by atoms with E-state index in [2.05, 4.69) is 26.6 Å². The summed E-state index contributed by atoms with van der Waals surface area (Å²) in [6.45, 7) is 0.255. The maximum atomic E-state index is 10.9. The third kappa shape index (κ3) is 3.20. The van der Waals surface area contributed by atoms with Gasteiger partial charge in [0.1, 0.15) is 0 Å². The van der Waals surface area contributed by atoms with E-state index in [9.17, 15) is 4.79 Å². The Hall–Kier alpha value is -0.740. The molecule has 0 atom stereocenters. The lowest BCUT2D eigenvalue weighted by Crippen LogP contribution is -2.26. The van der Waals surface area contributed by atoms with E-state index in [1.807, 2.05) is 12.1 Å². The normalized spacial score (nSPS) is 9.64. The van der Waals surface area contributed by atoms with E-state index in [-0.39, 0.29) is 12.5 Å². The highest BCUT2D eigenvalue weighted by molar-refractivity contribution is 9.10. The first-order valence-electron chi connectivity index (χ1n) is 4.03. The van der Waals surface area contributed by atoms with Crippen molar-refractivity contribution in [3.8, 4) is 0 Å². The second-order valence-electron chi connectivity index (χ2n) is 2.66. The van der Waals surface area contributed by atoms with Crippen LogP contribution in [-0.4, -0.2) is 19.5 Å². The minimum atomic E-state index is -0.0592. The summed E-state index contributed by atoms with van der Waals surface area (Å²) < 4.78 is 0.807. The Morgan fingerprint density at radius 1 is 1.57 bits per heavy atom. The molecule has 1 amide bonds. The van der Waals surface area contributed by atoms with Crippen molar-refractivity contribution in [3.63, 3.8) is 0 Å². The summed E-state index contributed by atoms with van der Waals surface area (Å²) in [5, 5.41) is 6.13. The molecule has 2 N–H and O–H groups in total. The Labute approximate surface area is 96.0 Å². The molecule has 1 aromatic rings. The van der Waals surface area contributed by atoms with Crippen LogP contribution in [0.2, 0.25) is 5.02 Å². The highest BCUT2D eigenvalue weighted by Crippen LogP contribution is 2.25. The van der Waals surface area contributed by atoms with Gasteiger partial charge in [0, 0.05) is 17.2 Å². The smallest absolute Gasteiger partial charge is 0.239 e. The summed E-state index contributed by atoms with van der Waals surface area (Å²) in [6, 6.07) is 5.40. The van der Waals surface area contributed by atoms with Crippen molar-refractivity contribution in [1.29, 1.82) is 0 Å². The van der Waals surface area contributed by atoms with E-state index in [4.69, 9.17) is 11.6 Å². The fraction of sp³-hybridized carbons (Fsp3) is 0.222. The highest BCUT2D eigenvalue weighted by atomic mass is 79.9. The van der Waals surface area contributed by atoms with Crippen molar-refractivity contribution in [2.24, 2.45) is 0 Å². The lowest BCUT2D eigenvalue weighted by atomic mass is 10.3. The van der Waals surface area contributed by atoms with Crippen LogP contribution in [0.15, 0.2) is 22.7 Å². The topological polar surface area (TPSA) is 41.1 Å². The molecule has 1 aromatic carbocycles. The first kappa shape index (κ1) is 11.3. The van der Waals surface area contributed by atoms with Crippen LogP contribution >= 0.6 is 27.5 Å². The van der Waals surface area contributed by atoms with Crippen molar-refractivity contribution in [3.05, 3.63) is 27.7 Å². The highest BCUT2D eigenvalue weighted by Gasteiger charge is 2.00. The molecule has 1 rings (SSSR count). The van der Waals surface area contributed by atoms with Gasteiger partial charge in [-0.15, -0.1) is 0 Å². The second-order valence-corrected chi connectivity index (χ2v) is 3.92. The minimum absolute atomic E-state index is 0.0592. The summed E-state index contributed by atoms with van der Waals surface area (Å²) in [7, 11) is 1.60. The summed E-state index contributed by atoms with van der Waals surface area (Å²) in [5.74, 6) is -0.0592. The van der Waals surface area contributed by atoms with E-state index in [1.165, 1.54) is 0 Å². The van der Waals surface area contributed by atoms with Crippen LogP contribution in [0.4, 0.5) is 5.69 Å². The summed E-state index contributed by atoms with van der Waals surface area (Å²) in [5.41, 5.74) is 0.852. The second kappa shape index (κ2) is 5.22. The molecule has 14 heavy (non-hydrogen) atoms. The van der Waals surface area contributed by atoms with Gasteiger partial charge >= 0.3 is 0 Å². The lowest BCUT2D eigenvalue weighted by Gasteiger charge is -2.06. The molecule has 0 unspecified atom stereocenters. The molecule has 0 saturated carbocycles. The van der Waals surface area contributed by atoms with Gasteiger partial charge in [0.15, 0.2) is 0 Å². The molecule has 0 fully saturated rings. The molecule has 0 heterocycles. The van der Waals surface area contributed by atoms with Crippen LogP contribution in [0, 0.1) is 0 Å². The van der Waals surface area contributed by atoms with E-state index in [0.29, 0.717) is 5.02 Å². The molecule has 0 saturated heterocycles. The Morgan fingerprint density at radius 2 is 2.29 bits per heavy atom. The molecule has 0 bridgehead atoms. The minimum Gasteiger partial charge on any atom is -0.376 e. The molecule has 0 aliphatic heterocycles. The van der Waals surface area contributed by atoms with Crippen LogP contribution in [0.25, 0.3) is 0 Å². The van der Waals surface area contributed by atoms with E-state index in [0.717, 1.165) is 10.2 Å². The molecule has 0 aromatic heterocycles. The first-order chi connectivity index (χ1) is 6.63. The van der Waals surface area contributed by atoms with Gasteiger partial charge in [-0.2, -0.15) is 0 Å². The number of rotatable bonds is 3. The predicted molar refractivity (Wildman–Crippen MR) is 61.7 cm³/mol. The average molecular weight is 278 g/mol. The third-order valence-corrected chi connectivity index (χ3v) is 2.87. The zero-order valence-corrected chi connectivity index (χ0v) is 9.95. The summed E-state index contributed by atoms with van der Waals surface area (Å²) in [4.78, 5) is 10.9. The van der Waals surface area contributed by atoms with Gasteiger partial charge in [-0.25, -0.2) is 0 Å². The van der Waals surface area contributed by atoms with Crippen molar-refractivity contribution >= 4 is 39.1 Å². The number of nitrogens with one attached hydrogen (secondary N) is 2. The van der Waals surface area contributed by atoms with Gasteiger partial charge in [0.2, 0.25) is 5.91 Å². The van der Waals surface area contributed by atoms with Crippen molar-refractivity contribution in [2.75, 3.05) is 18.9 Å². The third-order valence-electron chi connectivity index (χ3n) is 1.65. The Balaban J connectivity index is 2.60. The zero-order valence-electron chi connectivity index (χ0n) is 7.60. The van der Waals surface area contributed by atoms with Gasteiger partial charge in [0.25, 0.3) is 0 Å². The number of anilines is 1. The Kier molecular flexibility index (Phi) is 4.22. The lowest BCUT2D eigenvalue weighted by molar-refractivity contribution is -0.118. The number of benzene rings is 1. The number of hydrogen-bond acceptors (Lipinski definition) is 2. The molecule has 3 nitrogen and oxygen atoms in total. The predicted octanol–water partition coefficient (Wildman–Crippen LogP) is 2.26. The van der Waals surface area contributed by atoms with Gasteiger partial charge in [0.05, 0.1) is 11.6 Å². The summed E-state index contributed by atoms with van der Waals surface area (Å²) in [6.07, 6.45) is 0. The van der Waals surface area contributed by atoms with E-state index < -0.39 is 0 Å². The molecule has 0 aliphatic carbocycles. The number of carbonyl (C=O) groups excluding carboxylic acids is 1. The number of amides is 1.